The molecule has 27 heavy (non-hydrogen) atoms. The highest BCUT2D eigenvalue weighted by molar-refractivity contribution is 6.29. The van der Waals surface area contributed by atoms with Crippen molar-refractivity contribution in [2.24, 2.45) is 0 Å². The lowest BCUT2D eigenvalue weighted by molar-refractivity contribution is -0.0479. The lowest BCUT2D eigenvalue weighted by Crippen LogP contribution is -2.45. The van der Waals surface area contributed by atoms with Gasteiger partial charge in [-0.2, -0.15) is 0 Å². The first-order chi connectivity index (χ1) is 13.0. The van der Waals surface area contributed by atoms with Crippen LogP contribution in [0.15, 0.2) is 24.5 Å². The molecule has 2 aromatic rings. The summed E-state index contributed by atoms with van der Waals surface area (Å²) in [6.45, 7) is 2.33. The van der Waals surface area contributed by atoms with Crippen LogP contribution in [0.2, 0.25) is 5.15 Å². The number of ether oxygens (including phenoxy) is 1. The van der Waals surface area contributed by atoms with Crippen molar-refractivity contribution in [1.82, 2.24) is 30.5 Å². The number of carbonyl (C=O) groups is 1. The van der Waals surface area contributed by atoms with Gasteiger partial charge in [-0.15, -0.1) is 0 Å². The molecule has 2 atom stereocenters. The van der Waals surface area contributed by atoms with Gasteiger partial charge in [-0.05, 0) is 37.9 Å². The van der Waals surface area contributed by atoms with E-state index in [1.54, 1.807) is 19.2 Å². The molecule has 1 saturated heterocycles. The molecule has 1 amide bonds. The zero-order valence-corrected chi connectivity index (χ0v) is 16.3. The minimum Gasteiger partial charge on any atom is -0.366 e. The number of nitrogens with zero attached hydrogens (tertiary/aromatic N) is 4. The quantitative estimate of drug-likeness (QED) is 0.739. The van der Waals surface area contributed by atoms with Gasteiger partial charge in [0.1, 0.15) is 17.2 Å². The number of halogens is 1. The van der Waals surface area contributed by atoms with Crippen LogP contribution in [0.1, 0.15) is 22.2 Å². The van der Waals surface area contributed by atoms with Gasteiger partial charge in [-0.3, -0.25) is 4.79 Å². The van der Waals surface area contributed by atoms with Crippen molar-refractivity contribution < 1.29 is 9.53 Å². The van der Waals surface area contributed by atoms with Crippen molar-refractivity contribution in [2.45, 2.75) is 12.2 Å². The Kier molecular flexibility index (Phi) is 6.33. The van der Waals surface area contributed by atoms with Crippen molar-refractivity contribution in [3.8, 4) is 11.4 Å². The van der Waals surface area contributed by atoms with Gasteiger partial charge in [0.15, 0.2) is 0 Å². The highest BCUT2D eigenvalue weighted by atomic mass is 35.5. The number of rotatable bonds is 5. The Labute approximate surface area is 163 Å². The van der Waals surface area contributed by atoms with E-state index in [2.05, 4.69) is 30.5 Å². The normalized spacial score (nSPS) is 19.9. The largest absolute Gasteiger partial charge is 0.366 e. The molecular formula is C18H23ClN6O2. The maximum absolute atomic E-state index is 11.8. The number of hydrogen-bond acceptors (Lipinski definition) is 7. The molecule has 3 rings (SSSR count). The van der Waals surface area contributed by atoms with Crippen LogP contribution in [0.3, 0.4) is 0 Å². The van der Waals surface area contributed by atoms with E-state index in [1.807, 2.05) is 20.2 Å². The molecule has 1 aliphatic heterocycles. The molecule has 2 aromatic heterocycles. The molecule has 1 fully saturated rings. The molecule has 0 unspecified atom stereocenters. The van der Waals surface area contributed by atoms with Crippen LogP contribution in [0.4, 0.5) is 0 Å². The van der Waals surface area contributed by atoms with Crippen LogP contribution in [-0.4, -0.2) is 72.6 Å². The first-order valence-electron chi connectivity index (χ1n) is 8.69. The molecule has 0 bridgehead atoms. The Hall–Kier alpha value is -2.13. The highest BCUT2D eigenvalue weighted by Crippen LogP contribution is 2.27. The van der Waals surface area contributed by atoms with Crippen LogP contribution >= 0.6 is 11.6 Å². The minimum absolute atomic E-state index is 0.0908. The third kappa shape index (κ3) is 4.98. The molecule has 0 radical (unpaired) electrons. The lowest BCUT2D eigenvalue weighted by atomic mass is 10.1. The molecule has 0 spiro atoms. The molecule has 2 N–H and O–H groups in total. The van der Waals surface area contributed by atoms with Gasteiger partial charge < -0.3 is 20.3 Å². The van der Waals surface area contributed by atoms with Gasteiger partial charge in [0.05, 0.1) is 23.6 Å². The van der Waals surface area contributed by atoms with Crippen LogP contribution in [0.5, 0.6) is 0 Å². The summed E-state index contributed by atoms with van der Waals surface area (Å²) in [5.74, 6) is -0.285. The first kappa shape index (κ1) is 19.6. The minimum atomic E-state index is -0.285. The Bertz CT molecular complexity index is 816. The van der Waals surface area contributed by atoms with Gasteiger partial charge in [-0.1, -0.05) is 11.6 Å². The predicted molar refractivity (Wildman–Crippen MR) is 103 cm³/mol. The average Bonchev–Trinajstić information content (AvgIpc) is 2.66. The van der Waals surface area contributed by atoms with Gasteiger partial charge in [0.25, 0.3) is 5.91 Å². The summed E-state index contributed by atoms with van der Waals surface area (Å²) in [5.41, 5.74) is 2.29. The molecule has 8 nitrogen and oxygen atoms in total. The van der Waals surface area contributed by atoms with Crippen LogP contribution in [0.25, 0.3) is 11.4 Å². The SMILES string of the molecule is CNC(=O)c1cc(-c2cc([C@@H]3CNC[C@@H](CN(C)C)O3)cc(Cl)n2)ncn1. The third-order valence-corrected chi connectivity index (χ3v) is 4.40. The average molecular weight is 391 g/mol. The fraction of sp³-hybridized carbons (Fsp3) is 0.444. The topological polar surface area (TPSA) is 92.3 Å². The molecule has 0 aromatic carbocycles. The zero-order valence-electron chi connectivity index (χ0n) is 15.6. The number of amides is 1. The van der Waals surface area contributed by atoms with Gasteiger partial charge >= 0.3 is 0 Å². The number of morpholine rings is 1. The van der Waals surface area contributed by atoms with E-state index in [9.17, 15) is 4.79 Å². The summed E-state index contributed by atoms with van der Waals surface area (Å²) >= 11 is 6.25. The second-order valence-corrected chi connectivity index (χ2v) is 7.03. The summed E-state index contributed by atoms with van der Waals surface area (Å²) in [7, 11) is 5.60. The molecule has 0 saturated carbocycles. The predicted octanol–water partition coefficient (Wildman–Crippen LogP) is 1.14. The Morgan fingerprint density at radius 1 is 1.30 bits per heavy atom. The summed E-state index contributed by atoms with van der Waals surface area (Å²) < 4.78 is 6.22. The number of pyridine rings is 1. The van der Waals surface area contributed by atoms with Crippen LogP contribution in [0, 0.1) is 0 Å². The van der Waals surface area contributed by atoms with Crippen molar-refractivity contribution in [3.63, 3.8) is 0 Å². The molecule has 9 heteroatoms. The maximum atomic E-state index is 11.8. The van der Waals surface area contributed by atoms with Crippen molar-refractivity contribution in [3.05, 3.63) is 40.9 Å². The number of aromatic nitrogens is 3. The molecule has 0 aliphatic carbocycles. The molecular weight excluding hydrogens is 368 g/mol. The maximum Gasteiger partial charge on any atom is 0.269 e. The molecule has 3 heterocycles. The van der Waals surface area contributed by atoms with Crippen LogP contribution < -0.4 is 10.6 Å². The van der Waals surface area contributed by atoms with E-state index < -0.39 is 0 Å². The fourth-order valence-electron chi connectivity index (χ4n) is 3.00. The van der Waals surface area contributed by atoms with Gasteiger partial charge in [0, 0.05) is 26.7 Å². The lowest BCUT2D eigenvalue weighted by Gasteiger charge is -2.32. The third-order valence-electron chi connectivity index (χ3n) is 4.20. The van der Waals surface area contributed by atoms with Gasteiger partial charge in [-0.25, -0.2) is 15.0 Å². The Balaban J connectivity index is 1.87. The van der Waals surface area contributed by atoms with E-state index >= 15 is 0 Å². The standard InChI is InChI=1S/C18H23ClN6O2/c1-20-18(26)15-6-13(22-10-23-15)14-4-11(5-17(19)24-14)16-8-21-7-12(27-16)9-25(2)3/h4-6,10,12,16,21H,7-9H2,1-3H3,(H,20,26)/t12-,16-/m0/s1. The monoisotopic (exact) mass is 390 g/mol. The van der Waals surface area contributed by atoms with E-state index in [0.717, 1.165) is 18.7 Å². The second-order valence-electron chi connectivity index (χ2n) is 6.64. The summed E-state index contributed by atoms with van der Waals surface area (Å²) in [6, 6.07) is 5.29. The second kappa shape index (κ2) is 8.71. The van der Waals surface area contributed by atoms with Gasteiger partial charge in [0.2, 0.25) is 0 Å². The van der Waals surface area contributed by atoms with E-state index in [4.69, 9.17) is 16.3 Å². The summed E-state index contributed by atoms with van der Waals surface area (Å²) in [4.78, 5) is 26.5. The number of likely N-dealkylation sites (N-methyl/N-ethyl adjacent to an activating group) is 1. The number of carbonyl (C=O) groups excluding carboxylic acids is 1. The summed E-state index contributed by atoms with van der Waals surface area (Å²) in [6.07, 6.45) is 1.30. The highest BCUT2D eigenvalue weighted by Gasteiger charge is 2.25. The van der Waals surface area contributed by atoms with Crippen molar-refractivity contribution in [2.75, 3.05) is 40.8 Å². The fourth-order valence-corrected chi connectivity index (χ4v) is 3.22. The Morgan fingerprint density at radius 2 is 2.11 bits per heavy atom. The first-order valence-corrected chi connectivity index (χ1v) is 9.07. The zero-order chi connectivity index (χ0) is 19.4. The van der Waals surface area contributed by atoms with Crippen LogP contribution in [-0.2, 0) is 4.74 Å². The smallest absolute Gasteiger partial charge is 0.269 e. The Morgan fingerprint density at radius 3 is 2.85 bits per heavy atom. The van der Waals surface area contributed by atoms with E-state index in [-0.39, 0.29) is 23.8 Å². The number of nitrogens with one attached hydrogen (secondary N) is 2. The summed E-state index contributed by atoms with van der Waals surface area (Å²) in [5, 5.41) is 6.30. The van der Waals surface area contributed by atoms with E-state index in [1.165, 1.54) is 6.33 Å². The molecule has 1 aliphatic rings. The number of hydrogen-bond donors (Lipinski definition) is 2. The van der Waals surface area contributed by atoms with Crippen molar-refractivity contribution in [1.29, 1.82) is 0 Å². The molecule has 144 valence electrons. The van der Waals surface area contributed by atoms with E-state index in [0.29, 0.717) is 23.1 Å². The van der Waals surface area contributed by atoms with Crippen molar-refractivity contribution >= 4 is 17.5 Å².